The molecule has 0 atom stereocenters. The maximum Gasteiger partial charge on any atom is 0.169 e. The van der Waals surface area contributed by atoms with E-state index in [1.54, 1.807) is 0 Å². The maximum absolute atomic E-state index is 6.49. The van der Waals surface area contributed by atoms with Gasteiger partial charge >= 0.3 is 0 Å². The average molecular weight is 948 g/mol. The number of ether oxygens (including phenoxy) is 6. The SMILES string of the molecule is Cc1ccc2c(c1-c1c(P(c3ccccc3)c3ccccc3)ccc3c1OCCC3)OCCN2C.Cc1ccc2c(c1-c1c(P(c3ccccc3)c3ccccc3)ccc3c1OCCO3)OCCO2. The minimum Gasteiger partial charge on any atom is -0.493 e. The van der Waals surface area contributed by atoms with E-state index in [0.717, 1.165) is 82.9 Å². The summed E-state index contributed by atoms with van der Waals surface area (Å²) in [7, 11) is 0.497. The molecule has 0 radical (unpaired) electrons. The summed E-state index contributed by atoms with van der Waals surface area (Å²) in [5.41, 5.74) is 9.24. The van der Waals surface area contributed by atoms with Gasteiger partial charge in [0.05, 0.1) is 18.8 Å². The minimum atomic E-state index is -0.863. The monoisotopic (exact) mass is 947 g/mol. The van der Waals surface area contributed by atoms with Crippen LogP contribution in [-0.2, 0) is 6.42 Å². The lowest BCUT2D eigenvalue weighted by molar-refractivity contribution is 0.169. The molecule has 12 rings (SSSR count). The summed E-state index contributed by atoms with van der Waals surface area (Å²) in [4.78, 5) is 2.30. The van der Waals surface area contributed by atoms with E-state index in [1.807, 2.05) is 6.07 Å². The zero-order valence-corrected chi connectivity index (χ0v) is 41.1. The van der Waals surface area contributed by atoms with Crippen molar-refractivity contribution in [2.45, 2.75) is 26.7 Å². The predicted octanol–water partition coefficient (Wildman–Crippen LogP) is 10.5. The van der Waals surface area contributed by atoms with Crippen LogP contribution in [0.3, 0.4) is 0 Å². The van der Waals surface area contributed by atoms with E-state index in [2.05, 4.69) is 190 Å². The summed E-state index contributed by atoms with van der Waals surface area (Å²) in [6.45, 7) is 8.80. The van der Waals surface area contributed by atoms with Crippen LogP contribution in [0.15, 0.2) is 170 Å². The highest BCUT2D eigenvalue weighted by atomic mass is 31.1. The highest BCUT2D eigenvalue weighted by molar-refractivity contribution is 7.80. The van der Waals surface area contributed by atoms with Crippen LogP contribution in [0.5, 0.6) is 34.5 Å². The van der Waals surface area contributed by atoms with Gasteiger partial charge in [-0.25, -0.2) is 0 Å². The standard InChI is InChI=1S/C31H30NO2P.C29H25O4P/c1-22-15-17-26-31(34-21-19-32(26)2)28(22)29-27(18-16-23-10-9-20-33-30(23)29)35(24-11-5-3-6-12-24)25-13-7-4-8-14-25;1-20-12-13-23-28(32-18-16-30-23)26(20)27-25(15-14-24-29(27)33-19-17-31-24)34(21-8-4-2-5-9-21)22-10-6-3-7-11-22/h3-8,11-18H,9-10,19-21H2,1-2H3;2-15H,16-19H2,1H3. The molecular weight excluding hydrogens is 893 g/mol. The summed E-state index contributed by atoms with van der Waals surface area (Å²) in [6, 6.07) is 60.7. The smallest absolute Gasteiger partial charge is 0.169 e. The van der Waals surface area contributed by atoms with Crippen molar-refractivity contribution in [3.8, 4) is 56.8 Å². The molecule has 8 aromatic carbocycles. The number of nitrogens with zero attached hydrogens (tertiary/aromatic N) is 1. The Balaban J connectivity index is 0.000000151. The van der Waals surface area contributed by atoms with Crippen molar-refractivity contribution < 1.29 is 28.4 Å². The average Bonchev–Trinajstić information content (AvgIpc) is 3.40. The number of fused-ring (bicyclic) bond motifs is 4. The predicted molar refractivity (Wildman–Crippen MR) is 285 cm³/mol. The van der Waals surface area contributed by atoms with Crippen LogP contribution in [0.1, 0.15) is 23.1 Å². The number of rotatable bonds is 8. The van der Waals surface area contributed by atoms with E-state index in [4.69, 9.17) is 28.4 Å². The molecule has 0 bridgehead atoms. The van der Waals surface area contributed by atoms with E-state index in [1.165, 1.54) is 54.1 Å². The fourth-order valence-electron chi connectivity index (χ4n) is 9.90. The van der Waals surface area contributed by atoms with Crippen molar-refractivity contribution >= 4 is 53.4 Å². The fourth-order valence-corrected chi connectivity index (χ4v) is 14.8. The number of aryl methyl sites for hydroxylation is 3. The molecule has 0 fully saturated rings. The molecule has 0 unspecified atom stereocenters. The third-order valence-electron chi connectivity index (χ3n) is 13.1. The van der Waals surface area contributed by atoms with Gasteiger partial charge < -0.3 is 33.3 Å². The van der Waals surface area contributed by atoms with Gasteiger partial charge in [-0.05, 0) is 115 Å². The lowest BCUT2D eigenvalue weighted by atomic mass is 9.93. The van der Waals surface area contributed by atoms with E-state index in [9.17, 15) is 0 Å². The zero-order valence-electron chi connectivity index (χ0n) is 39.3. The van der Waals surface area contributed by atoms with Crippen LogP contribution in [0.4, 0.5) is 5.69 Å². The van der Waals surface area contributed by atoms with Gasteiger partial charge in [0.2, 0.25) is 0 Å². The number of hydrogen-bond donors (Lipinski definition) is 0. The first kappa shape index (κ1) is 44.7. The highest BCUT2D eigenvalue weighted by Crippen LogP contribution is 2.53. The minimum absolute atomic E-state index is 0.517. The number of anilines is 1. The van der Waals surface area contributed by atoms with Crippen molar-refractivity contribution in [1.82, 2.24) is 0 Å². The topological polar surface area (TPSA) is 58.6 Å². The van der Waals surface area contributed by atoms with Gasteiger partial charge in [-0.15, -0.1) is 0 Å². The Hall–Kier alpha value is -6.78. The molecule has 69 heavy (non-hydrogen) atoms. The Morgan fingerprint density at radius 1 is 0.377 bits per heavy atom. The van der Waals surface area contributed by atoms with Crippen molar-refractivity contribution in [2.75, 3.05) is 58.1 Å². The van der Waals surface area contributed by atoms with Crippen LogP contribution in [0, 0.1) is 13.8 Å². The normalized spacial score (nSPS) is 14.4. The van der Waals surface area contributed by atoms with Crippen LogP contribution in [0.25, 0.3) is 22.3 Å². The Labute approximate surface area is 408 Å². The van der Waals surface area contributed by atoms with Gasteiger partial charge in [-0.3, -0.25) is 0 Å². The van der Waals surface area contributed by atoms with E-state index in [0.29, 0.717) is 33.0 Å². The Bertz CT molecular complexity index is 3020. The molecule has 0 N–H and O–H groups in total. The molecule has 0 spiro atoms. The third kappa shape index (κ3) is 8.80. The first-order valence-electron chi connectivity index (χ1n) is 23.9. The molecule has 8 aromatic rings. The molecule has 346 valence electrons. The molecule has 0 aliphatic carbocycles. The Kier molecular flexibility index (Phi) is 13.0. The lowest BCUT2D eigenvalue weighted by Crippen LogP contribution is -2.30. The molecule has 0 amide bonds. The van der Waals surface area contributed by atoms with Crippen LogP contribution in [0.2, 0.25) is 0 Å². The first-order chi connectivity index (χ1) is 34.0. The van der Waals surface area contributed by atoms with Crippen molar-refractivity contribution in [1.29, 1.82) is 0 Å². The van der Waals surface area contributed by atoms with Gasteiger partial charge in [0.15, 0.2) is 28.7 Å². The van der Waals surface area contributed by atoms with Gasteiger partial charge in [-0.2, -0.15) is 0 Å². The highest BCUT2D eigenvalue weighted by Gasteiger charge is 2.33. The number of likely N-dealkylation sites (N-methyl/N-ethyl adjacent to an activating group) is 1. The molecule has 0 saturated heterocycles. The Morgan fingerprint density at radius 2 is 0.797 bits per heavy atom. The van der Waals surface area contributed by atoms with Gasteiger partial charge in [0.25, 0.3) is 0 Å². The summed E-state index contributed by atoms with van der Waals surface area (Å²) in [5.74, 6) is 5.14. The lowest BCUT2D eigenvalue weighted by Gasteiger charge is -2.33. The summed E-state index contributed by atoms with van der Waals surface area (Å²) in [6.07, 6.45) is 2.11. The van der Waals surface area contributed by atoms with Crippen LogP contribution in [-0.4, -0.2) is 53.2 Å². The quantitative estimate of drug-likeness (QED) is 0.141. The molecule has 4 aliphatic rings. The molecule has 0 aromatic heterocycles. The van der Waals surface area contributed by atoms with E-state index in [-0.39, 0.29) is 0 Å². The fraction of sp³-hybridized carbons (Fsp3) is 0.200. The molecule has 9 heteroatoms. The maximum atomic E-state index is 6.49. The molecular formula is C60H55NO6P2. The third-order valence-corrected chi connectivity index (χ3v) is 18.1. The Morgan fingerprint density at radius 3 is 1.35 bits per heavy atom. The largest absolute Gasteiger partial charge is 0.493 e. The van der Waals surface area contributed by atoms with Crippen molar-refractivity contribution in [3.05, 3.63) is 187 Å². The van der Waals surface area contributed by atoms with E-state index < -0.39 is 15.8 Å². The first-order valence-corrected chi connectivity index (χ1v) is 26.6. The van der Waals surface area contributed by atoms with Gasteiger partial charge in [0.1, 0.15) is 38.8 Å². The molecule has 0 saturated carbocycles. The second-order valence-electron chi connectivity index (χ2n) is 17.6. The second kappa shape index (κ2) is 20.1. The summed E-state index contributed by atoms with van der Waals surface area (Å²) < 4.78 is 37.4. The zero-order chi connectivity index (χ0) is 46.7. The van der Waals surface area contributed by atoms with E-state index >= 15 is 0 Å². The van der Waals surface area contributed by atoms with Crippen molar-refractivity contribution in [2.24, 2.45) is 0 Å². The van der Waals surface area contributed by atoms with Crippen LogP contribution >= 0.6 is 15.8 Å². The number of hydrogen-bond acceptors (Lipinski definition) is 7. The molecule has 4 heterocycles. The summed E-state index contributed by atoms with van der Waals surface area (Å²) >= 11 is 0. The van der Waals surface area contributed by atoms with Gasteiger partial charge in [-0.1, -0.05) is 146 Å². The summed E-state index contributed by atoms with van der Waals surface area (Å²) in [5, 5.41) is 7.77. The van der Waals surface area contributed by atoms with Crippen molar-refractivity contribution in [3.63, 3.8) is 0 Å². The van der Waals surface area contributed by atoms with Crippen LogP contribution < -0.4 is 65.1 Å². The molecule has 7 nitrogen and oxygen atoms in total. The second-order valence-corrected chi connectivity index (χ2v) is 21.9. The number of benzene rings is 8. The molecule has 4 aliphatic heterocycles. The van der Waals surface area contributed by atoms with Gasteiger partial charge in [0, 0.05) is 29.3 Å².